The van der Waals surface area contributed by atoms with Gasteiger partial charge in [-0.25, -0.2) is 0 Å². The minimum Gasteiger partial charge on any atom is -0.454 e. The number of aliphatic hydroxyl groups is 1. The molecule has 0 aromatic heterocycles. The quantitative estimate of drug-likeness (QED) is 0.509. The summed E-state index contributed by atoms with van der Waals surface area (Å²) in [4.78, 5) is 13.2. The third kappa shape index (κ3) is 3.91. The average molecular weight is 459 g/mol. The van der Waals surface area contributed by atoms with Crippen LogP contribution in [0.5, 0.6) is 11.5 Å². The minimum absolute atomic E-state index is 0. The molecule has 2 N–H and O–H groups in total. The number of anilines is 1. The van der Waals surface area contributed by atoms with Gasteiger partial charge in [0.15, 0.2) is 11.5 Å². The van der Waals surface area contributed by atoms with Gasteiger partial charge in [-0.15, -0.1) is 0 Å². The van der Waals surface area contributed by atoms with Crippen LogP contribution in [-0.2, 0) is 23.0 Å². The molecule has 1 aliphatic carbocycles. The van der Waals surface area contributed by atoms with Crippen LogP contribution in [0.1, 0.15) is 32.4 Å². The molecule has 5 rings (SSSR count). The molecule has 1 saturated carbocycles. The van der Waals surface area contributed by atoms with E-state index in [1.807, 2.05) is 6.07 Å². The van der Waals surface area contributed by atoms with Gasteiger partial charge in [-0.1, -0.05) is 24.3 Å². The first-order chi connectivity index (χ1) is 15.8. The van der Waals surface area contributed by atoms with Gasteiger partial charge in [0.2, 0.25) is 12.7 Å². The molecule has 1 aliphatic heterocycles. The van der Waals surface area contributed by atoms with Crippen molar-refractivity contribution in [3.63, 3.8) is 0 Å². The van der Waals surface area contributed by atoms with E-state index >= 15 is 0 Å². The number of alkyl halides is 3. The number of hydrogen-bond donors (Lipinski definition) is 2. The fourth-order valence-electron chi connectivity index (χ4n) is 4.16. The normalized spacial score (nSPS) is 15.9. The number of hydrogen-bond acceptors (Lipinski definition) is 4. The number of halogens is 3. The predicted octanol–water partition coefficient (Wildman–Crippen LogP) is 5.76. The molecular formula is C25H24F3NO4. The third-order valence-corrected chi connectivity index (χ3v) is 6.11. The van der Waals surface area contributed by atoms with Gasteiger partial charge < -0.3 is 19.9 Å². The van der Waals surface area contributed by atoms with E-state index in [9.17, 15) is 23.1 Å². The molecule has 174 valence electrons. The Labute approximate surface area is 190 Å². The monoisotopic (exact) mass is 459 g/mol. The van der Waals surface area contributed by atoms with Crippen LogP contribution in [0.2, 0.25) is 0 Å². The lowest BCUT2D eigenvalue weighted by atomic mass is 9.93. The maximum absolute atomic E-state index is 13.7. The van der Waals surface area contributed by atoms with E-state index < -0.39 is 17.2 Å². The molecule has 0 atom stereocenters. The zero-order chi connectivity index (χ0) is 23.2. The molecule has 0 bridgehead atoms. The summed E-state index contributed by atoms with van der Waals surface area (Å²) >= 11 is 0. The van der Waals surface area contributed by atoms with E-state index in [-0.39, 0.29) is 33.4 Å². The highest BCUT2D eigenvalue weighted by Crippen LogP contribution is 2.51. The second-order valence-electron chi connectivity index (χ2n) is 8.22. The van der Waals surface area contributed by atoms with E-state index in [4.69, 9.17) is 9.47 Å². The Morgan fingerprint density at radius 1 is 1.03 bits per heavy atom. The summed E-state index contributed by atoms with van der Waals surface area (Å²) in [7, 11) is 0. The van der Waals surface area contributed by atoms with Crippen molar-refractivity contribution in [2.24, 2.45) is 0 Å². The molecule has 0 radical (unpaired) electrons. The summed E-state index contributed by atoms with van der Waals surface area (Å²) in [6, 6.07) is 15.2. The lowest BCUT2D eigenvalue weighted by Gasteiger charge is -2.19. The number of ether oxygens (including phenoxy) is 2. The van der Waals surface area contributed by atoms with Crippen LogP contribution in [0, 0.1) is 0 Å². The van der Waals surface area contributed by atoms with Gasteiger partial charge in [-0.2, -0.15) is 13.2 Å². The molecule has 0 saturated heterocycles. The number of carbonyl (C=O) groups excluding carboxylic acids is 1. The molecule has 3 aromatic rings. The predicted molar refractivity (Wildman–Crippen MR) is 119 cm³/mol. The lowest BCUT2D eigenvalue weighted by molar-refractivity contribution is -0.137. The molecule has 1 amide bonds. The Kier molecular flexibility index (Phi) is 5.05. The second kappa shape index (κ2) is 7.81. The number of nitrogens with one attached hydrogen (secondary N) is 1. The van der Waals surface area contributed by atoms with Crippen LogP contribution in [0.4, 0.5) is 18.9 Å². The van der Waals surface area contributed by atoms with Gasteiger partial charge in [0, 0.05) is 8.54 Å². The molecule has 1 fully saturated rings. The summed E-state index contributed by atoms with van der Waals surface area (Å²) in [5.41, 5.74) is 0.227. The highest BCUT2D eigenvalue weighted by molar-refractivity contribution is 6.02. The maximum atomic E-state index is 13.7. The summed E-state index contributed by atoms with van der Waals surface area (Å²) in [6.07, 6.45) is -3.31. The Balaban J connectivity index is 0.00000171. The standard InChI is InChI=1S/C25H20F3NO4.2H2/c26-25(27,28)20-6-5-18(12-19(20)16-3-1-2-15(10-16)13-30)29-23(31)24(8-9-24)17-4-7-21-22(11-17)33-14-32-21;;/h1-7,10-12,30H,8-9,13-14H2,(H,29,31);2*1H. The van der Waals surface area contributed by atoms with E-state index in [1.165, 1.54) is 18.2 Å². The van der Waals surface area contributed by atoms with Crippen molar-refractivity contribution >= 4 is 11.6 Å². The fraction of sp³-hybridized carbons (Fsp3) is 0.240. The number of rotatable bonds is 5. The average Bonchev–Trinajstić information content (AvgIpc) is 3.49. The number of amides is 1. The summed E-state index contributed by atoms with van der Waals surface area (Å²) in [5, 5.41) is 12.2. The van der Waals surface area contributed by atoms with Gasteiger partial charge in [0.1, 0.15) is 0 Å². The van der Waals surface area contributed by atoms with Crippen LogP contribution in [0.3, 0.4) is 0 Å². The molecule has 0 spiro atoms. The van der Waals surface area contributed by atoms with Gasteiger partial charge in [-0.05, 0) is 71.5 Å². The Bertz CT molecular complexity index is 1250. The van der Waals surface area contributed by atoms with Crippen molar-refractivity contribution in [2.45, 2.75) is 31.0 Å². The van der Waals surface area contributed by atoms with Crippen LogP contribution >= 0.6 is 0 Å². The minimum atomic E-state index is -4.57. The Hall–Kier alpha value is -3.52. The summed E-state index contributed by atoms with van der Waals surface area (Å²) in [6.45, 7) is -0.159. The van der Waals surface area contributed by atoms with Crippen molar-refractivity contribution in [3.05, 3.63) is 77.4 Å². The van der Waals surface area contributed by atoms with Crippen molar-refractivity contribution in [1.29, 1.82) is 0 Å². The van der Waals surface area contributed by atoms with E-state index in [0.717, 1.165) is 11.6 Å². The van der Waals surface area contributed by atoms with Gasteiger partial charge in [-0.3, -0.25) is 4.79 Å². The molecule has 0 unspecified atom stereocenters. The highest BCUT2D eigenvalue weighted by Gasteiger charge is 2.51. The summed E-state index contributed by atoms with van der Waals surface area (Å²) in [5.74, 6) is 0.913. The van der Waals surface area contributed by atoms with Gasteiger partial charge >= 0.3 is 6.18 Å². The van der Waals surface area contributed by atoms with E-state index in [1.54, 1.807) is 30.3 Å². The first-order valence-electron chi connectivity index (χ1n) is 10.4. The molecule has 2 aliphatic rings. The smallest absolute Gasteiger partial charge is 0.417 e. The highest BCUT2D eigenvalue weighted by atomic mass is 19.4. The van der Waals surface area contributed by atoms with Crippen molar-refractivity contribution < 1.29 is 35.4 Å². The fourth-order valence-corrected chi connectivity index (χ4v) is 4.16. The largest absolute Gasteiger partial charge is 0.454 e. The van der Waals surface area contributed by atoms with Gasteiger partial charge in [0.05, 0.1) is 17.6 Å². The number of aliphatic hydroxyl groups excluding tert-OH is 1. The van der Waals surface area contributed by atoms with E-state index in [2.05, 4.69) is 5.32 Å². The molecular weight excluding hydrogens is 435 g/mol. The van der Waals surface area contributed by atoms with E-state index in [0.29, 0.717) is 35.5 Å². The van der Waals surface area contributed by atoms with Crippen LogP contribution in [-0.4, -0.2) is 17.8 Å². The zero-order valence-electron chi connectivity index (χ0n) is 17.4. The molecule has 5 nitrogen and oxygen atoms in total. The first kappa shape index (κ1) is 21.3. The lowest BCUT2D eigenvalue weighted by Crippen LogP contribution is -2.27. The van der Waals surface area contributed by atoms with Crippen molar-refractivity contribution in [1.82, 2.24) is 0 Å². The number of benzene rings is 3. The molecule has 8 heteroatoms. The Morgan fingerprint density at radius 3 is 2.55 bits per heavy atom. The van der Waals surface area contributed by atoms with Crippen molar-refractivity contribution in [2.75, 3.05) is 12.1 Å². The maximum Gasteiger partial charge on any atom is 0.417 e. The topological polar surface area (TPSA) is 67.8 Å². The second-order valence-corrected chi connectivity index (χ2v) is 8.22. The molecule has 1 heterocycles. The summed E-state index contributed by atoms with van der Waals surface area (Å²) < 4.78 is 51.8. The first-order valence-corrected chi connectivity index (χ1v) is 10.4. The molecule has 33 heavy (non-hydrogen) atoms. The third-order valence-electron chi connectivity index (χ3n) is 6.11. The molecule has 3 aromatic carbocycles. The van der Waals surface area contributed by atoms with Crippen molar-refractivity contribution in [3.8, 4) is 22.6 Å². The van der Waals surface area contributed by atoms with Gasteiger partial charge in [0.25, 0.3) is 0 Å². The Morgan fingerprint density at radius 2 is 1.82 bits per heavy atom. The zero-order valence-corrected chi connectivity index (χ0v) is 17.4. The van der Waals surface area contributed by atoms with Crippen LogP contribution in [0.15, 0.2) is 60.7 Å². The van der Waals surface area contributed by atoms with Crippen LogP contribution < -0.4 is 14.8 Å². The number of fused-ring (bicyclic) bond motifs is 1. The SMILES string of the molecule is O=C(Nc1ccc(C(F)(F)F)c(-c2cccc(CO)c2)c1)C1(c2ccc3c(c2)OCO3)CC1.[HH].[HH]. The number of carbonyl (C=O) groups is 1. The van der Waals surface area contributed by atoms with Crippen LogP contribution in [0.25, 0.3) is 11.1 Å².